The van der Waals surface area contributed by atoms with Crippen LogP contribution in [0.5, 0.6) is 5.75 Å². The van der Waals surface area contributed by atoms with E-state index >= 15 is 0 Å². The number of fused-ring (bicyclic) bond motifs is 1. The average molecular weight is 292 g/mol. The molecule has 0 aromatic heterocycles. The van der Waals surface area contributed by atoms with Crippen molar-refractivity contribution in [3.63, 3.8) is 0 Å². The molecule has 2 aromatic carbocycles. The summed E-state index contributed by atoms with van der Waals surface area (Å²) in [6.07, 6.45) is 3.63. The van der Waals surface area contributed by atoms with Gasteiger partial charge in [0, 0.05) is 11.4 Å². The van der Waals surface area contributed by atoms with Crippen LogP contribution in [0.1, 0.15) is 18.4 Å². The van der Waals surface area contributed by atoms with Crippen molar-refractivity contribution < 1.29 is 9.53 Å². The van der Waals surface area contributed by atoms with Crippen molar-refractivity contribution in [3.8, 4) is 11.8 Å². The molecule has 1 amide bonds. The van der Waals surface area contributed by atoms with Gasteiger partial charge in [0.25, 0.3) is 5.91 Å². The summed E-state index contributed by atoms with van der Waals surface area (Å²) in [6.45, 7) is 0. The van der Waals surface area contributed by atoms with E-state index in [2.05, 4.69) is 5.32 Å². The van der Waals surface area contributed by atoms with Gasteiger partial charge in [0.1, 0.15) is 17.4 Å². The van der Waals surface area contributed by atoms with Crippen LogP contribution >= 0.6 is 0 Å². The first kappa shape index (κ1) is 14.2. The average Bonchev–Trinajstić information content (AvgIpc) is 3.36. The molecule has 0 aliphatic heterocycles. The lowest BCUT2D eigenvalue weighted by Gasteiger charge is -2.08. The fourth-order valence-corrected chi connectivity index (χ4v) is 2.39. The molecule has 0 spiro atoms. The van der Waals surface area contributed by atoms with Gasteiger partial charge in [0.2, 0.25) is 0 Å². The smallest absolute Gasteiger partial charge is 0.262 e. The lowest BCUT2D eigenvalue weighted by molar-refractivity contribution is -0.117. The van der Waals surface area contributed by atoms with Gasteiger partial charge in [0.05, 0.1) is 7.11 Å². The highest BCUT2D eigenvalue weighted by Crippen LogP contribution is 2.29. The fourth-order valence-electron chi connectivity index (χ4n) is 2.39. The molecule has 1 saturated carbocycles. The van der Waals surface area contributed by atoms with Gasteiger partial charge in [-0.2, -0.15) is 5.26 Å². The summed E-state index contributed by atoms with van der Waals surface area (Å²) in [4.78, 5) is 12.1. The topological polar surface area (TPSA) is 62.1 Å². The molecular weight excluding hydrogens is 276 g/mol. The van der Waals surface area contributed by atoms with Crippen LogP contribution in [0.15, 0.2) is 42.0 Å². The van der Waals surface area contributed by atoms with E-state index in [1.807, 2.05) is 42.5 Å². The van der Waals surface area contributed by atoms with Gasteiger partial charge in [-0.1, -0.05) is 30.3 Å². The molecule has 0 radical (unpaired) electrons. The van der Waals surface area contributed by atoms with E-state index in [1.165, 1.54) is 0 Å². The standard InChI is InChI=1S/C18H16N2O2/c1-22-17-9-6-12(15-4-2-3-5-16(15)17)10-13(11-19)18(21)20-14-7-8-14/h2-6,9-10,14H,7-8H2,1H3,(H,20,21)/b13-10+. The van der Waals surface area contributed by atoms with Gasteiger partial charge in [-0.25, -0.2) is 0 Å². The Labute approximate surface area is 129 Å². The number of benzene rings is 2. The number of nitriles is 1. The maximum atomic E-state index is 12.1. The number of nitrogens with zero attached hydrogens (tertiary/aromatic N) is 1. The highest BCUT2D eigenvalue weighted by molar-refractivity contribution is 6.05. The maximum absolute atomic E-state index is 12.1. The van der Waals surface area contributed by atoms with Crippen LogP contribution < -0.4 is 10.1 Å². The first-order chi connectivity index (χ1) is 10.7. The van der Waals surface area contributed by atoms with Gasteiger partial charge in [-0.05, 0) is 35.9 Å². The molecule has 110 valence electrons. The molecule has 0 unspecified atom stereocenters. The first-order valence-electron chi connectivity index (χ1n) is 7.21. The highest BCUT2D eigenvalue weighted by Gasteiger charge is 2.24. The number of ether oxygens (including phenoxy) is 1. The summed E-state index contributed by atoms with van der Waals surface area (Å²) in [5.74, 6) is 0.471. The zero-order valence-electron chi connectivity index (χ0n) is 12.3. The number of amides is 1. The van der Waals surface area contributed by atoms with Crippen LogP contribution in [0.25, 0.3) is 16.8 Å². The minimum absolute atomic E-state index is 0.127. The number of hydrogen-bond donors (Lipinski definition) is 1. The fraction of sp³-hybridized carbons (Fsp3) is 0.222. The molecule has 1 N–H and O–H groups in total. The number of hydrogen-bond acceptors (Lipinski definition) is 3. The third-order valence-electron chi connectivity index (χ3n) is 3.72. The van der Waals surface area contributed by atoms with Gasteiger partial charge >= 0.3 is 0 Å². The zero-order chi connectivity index (χ0) is 15.5. The highest BCUT2D eigenvalue weighted by atomic mass is 16.5. The van der Waals surface area contributed by atoms with Crippen LogP contribution in [0.3, 0.4) is 0 Å². The molecule has 1 aliphatic rings. The van der Waals surface area contributed by atoms with Gasteiger partial charge in [0.15, 0.2) is 0 Å². The zero-order valence-corrected chi connectivity index (χ0v) is 12.3. The summed E-state index contributed by atoms with van der Waals surface area (Å²) in [6, 6.07) is 13.7. The van der Waals surface area contributed by atoms with Gasteiger partial charge in [-0.3, -0.25) is 4.79 Å². The van der Waals surface area contributed by atoms with Gasteiger partial charge in [-0.15, -0.1) is 0 Å². The van der Waals surface area contributed by atoms with E-state index in [-0.39, 0.29) is 17.5 Å². The normalized spacial score (nSPS) is 14.5. The minimum Gasteiger partial charge on any atom is -0.496 e. The lowest BCUT2D eigenvalue weighted by Crippen LogP contribution is -2.26. The minimum atomic E-state index is -0.301. The second kappa shape index (κ2) is 5.90. The van der Waals surface area contributed by atoms with Crippen molar-refractivity contribution in [2.75, 3.05) is 7.11 Å². The molecule has 4 heteroatoms. The molecule has 1 fully saturated rings. The van der Waals surface area contributed by atoms with E-state index in [0.717, 1.165) is 34.9 Å². The molecule has 1 aliphatic carbocycles. The largest absolute Gasteiger partial charge is 0.496 e. The third-order valence-corrected chi connectivity index (χ3v) is 3.72. The van der Waals surface area contributed by atoms with Gasteiger partial charge < -0.3 is 10.1 Å². The van der Waals surface area contributed by atoms with Crippen molar-refractivity contribution >= 4 is 22.8 Å². The molecule has 4 nitrogen and oxygen atoms in total. The second-order valence-electron chi connectivity index (χ2n) is 5.32. The van der Waals surface area contributed by atoms with E-state index in [9.17, 15) is 10.1 Å². The molecule has 22 heavy (non-hydrogen) atoms. The number of carbonyl (C=O) groups is 1. The Hall–Kier alpha value is -2.80. The van der Waals surface area contributed by atoms with Crippen molar-refractivity contribution in [1.82, 2.24) is 5.32 Å². The molecule has 0 saturated heterocycles. The number of rotatable bonds is 4. The van der Waals surface area contributed by atoms with E-state index in [1.54, 1.807) is 13.2 Å². The molecule has 0 heterocycles. The predicted molar refractivity (Wildman–Crippen MR) is 85.3 cm³/mol. The van der Waals surface area contributed by atoms with Crippen molar-refractivity contribution in [2.45, 2.75) is 18.9 Å². The summed E-state index contributed by atoms with van der Waals surface area (Å²) in [7, 11) is 1.63. The summed E-state index contributed by atoms with van der Waals surface area (Å²) < 4.78 is 5.36. The van der Waals surface area contributed by atoms with Crippen molar-refractivity contribution in [3.05, 3.63) is 47.5 Å². The SMILES string of the molecule is COc1ccc(/C=C(\C#N)C(=O)NC2CC2)c2ccccc12. The first-order valence-corrected chi connectivity index (χ1v) is 7.21. The third kappa shape index (κ3) is 2.79. The van der Waals surface area contributed by atoms with Crippen molar-refractivity contribution in [2.24, 2.45) is 0 Å². The molecule has 2 aromatic rings. The molecule has 0 atom stereocenters. The second-order valence-corrected chi connectivity index (χ2v) is 5.32. The van der Waals surface area contributed by atoms with Crippen molar-refractivity contribution in [1.29, 1.82) is 5.26 Å². The van der Waals surface area contributed by atoms with Crippen LogP contribution in [-0.2, 0) is 4.79 Å². The summed E-state index contributed by atoms with van der Waals surface area (Å²) in [5.41, 5.74) is 0.959. The number of methoxy groups -OCH3 is 1. The molecule has 3 rings (SSSR count). The van der Waals surface area contributed by atoms with Crippen LogP contribution in [-0.4, -0.2) is 19.1 Å². The molecule has 0 bridgehead atoms. The molecular formula is C18H16N2O2. The predicted octanol–water partition coefficient (Wildman–Crippen LogP) is 3.03. The Morgan fingerprint density at radius 3 is 2.64 bits per heavy atom. The summed E-state index contributed by atoms with van der Waals surface area (Å²) in [5, 5.41) is 14.0. The van der Waals surface area contributed by atoms with E-state index < -0.39 is 0 Å². The number of carbonyl (C=O) groups excluding carboxylic acids is 1. The Morgan fingerprint density at radius 2 is 2.00 bits per heavy atom. The van der Waals surface area contributed by atoms with E-state index in [4.69, 9.17) is 4.74 Å². The Balaban J connectivity index is 2.03. The number of nitrogens with one attached hydrogen (secondary N) is 1. The van der Waals surface area contributed by atoms with Crippen LogP contribution in [0.4, 0.5) is 0 Å². The summed E-state index contributed by atoms with van der Waals surface area (Å²) >= 11 is 0. The van der Waals surface area contributed by atoms with Crippen LogP contribution in [0.2, 0.25) is 0 Å². The monoisotopic (exact) mass is 292 g/mol. The maximum Gasteiger partial charge on any atom is 0.262 e. The Bertz CT molecular complexity index is 798. The Morgan fingerprint density at radius 1 is 1.27 bits per heavy atom. The van der Waals surface area contributed by atoms with Crippen LogP contribution in [0, 0.1) is 11.3 Å². The Kier molecular flexibility index (Phi) is 3.80. The quantitative estimate of drug-likeness (QED) is 0.696. The lowest BCUT2D eigenvalue weighted by atomic mass is 10.0. The van der Waals surface area contributed by atoms with E-state index in [0.29, 0.717) is 0 Å².